The Morgan fingerprint density at radius 1 is 0.714 bits per heavy atom. The Kier molecular flexibility index (Phi) is 4.56. The molecule has 1 saturated carbocycles. The summed E-state index contributed by atoms with van der Waals surface area (Å²) in [6.45, 7) is 5.84. The summed E-state index contributed by atoms with van der Waals surface area (Å²) in [7, 11) is 0. The van der Waals surface area contributed by atoms with Crippen molar-refractivity contribution in [3.8, 4) is 0 Å². The monoisotopic (exact) mass is 461 g/mol. The lowest BCUT2D eigenvalue weighted by Crippen LogP contribution is -2.41. The van der Waals surface area contributed by atoms with Gasteiger partial charge in [-0.25, -0.2) is 4.90 Å². The largest absolute Gasteiger partial charge is 0.298 e. The quantitative estimate of drug-likeness (QED) is 0.468. The summed E-state index contributed by atoms with van der Waals surface area (Å²) in [6.07, 6.45) is 0.462. The van der Waals surface area contributed by atoms with Crippen molar-refractivity contribution in [2.24, 2.45) is 22.7 Å². The lowest BCUT2D eigenvalue weighted by molar-refractivity contribution is -0.134. The van der Waals surface area contributed by atoms with Crippen LogP contribution in [0.1, 0.15) is 37.0 Å². The van der Waals surface area contributed by atoms with Crippen molar-refractivity contribution >= 4 is 34.4 Å². The third-order valence-corrected chi connectivity index (χ3v) is 8.53. The zero-order valence-corrected chi connectivity index (χ0v) is 20.1. The van der Waals surface area contributed by atoms with E-state index in [-0.39, 0.29) is 17.6 Å². The number of carbonyl (C=O) groups excluding carboxylic acids is 3. The number of fused-ring (bicyclic) bond motifs is 5. The fourth-order valence-corrected chi connectivity index (χ4v) is 7.08. The number of rotatable bonds is 4. The molecule has 0 aromatic heterocycles. The van der Waals surface area contributed by atoms with Crippen LogP contribution in [0.4, 0.5) is 5.69 Å². The first-order valence-corrected chi connectivity index (χ1v) is 12.2. The smallest absolute Gasteiger partial charge is 0.239 e. The number of aryl methyl sites for hydroxylation is 1. The van der Waals surface area contributed by atoms with E-state index in [2.05, 4.69) is 0 Å². The first-order chi connectivity index (χ1) is 16.9. The van der Waals surface area contributed by atoms with Gasteiger partial charge in [-0.2, -0.15) is 0 Å². The molecule has 0 spiro atoms. The predicted molar refractivity (Wildman–Crippen MR) is 136 cm³/mol. The van der Waals surface area contributed by atoms with Crippen LogP contribution in [0.3, 0.4) is 0 Å². The summed E-state index contributed by atoms with van der Waals surface area (Å²) < 4.78 is 0. The first-order valence-electron chi connectivity index (χ1n) is 12.2. The number of ketones is 1. The number of hydrogen-bond acceptors (Lipinski definition) is 3. The molecule has 2 aliphatic carbocycles. The lowest BCUT2D eigenvalue weighted by Gasteiger charge is -2.37. The molecule has 1 aliphatic heterocycles. The van der Waals surface area contributed by atoms with Crippen molar-refractivity contribution in [1.29, 1.82) is 0 Å². The molecule has 6 rings (SSSR count). The van der Waals surface area contributed by atoms with Gasteiger partial charge in [0.1, 0.15) is 0 Å². The number of nitrogens with zero attached hydrogens (tertiary/aromatic N) is 1. The van der Waals surface area contributed by atoms with Crippen molar-refractivity contribution in [3.05, 3.63) is 102 Å². The fraction of sp³-hybridized carbons (Fsp3) is 0.258. The van der Waals surface area contributed by atoms with Crippen molar-refractivity contribution in [2.45, 2.75) is 27.2 Å². The second kappa shape index (κ2) is 7.35. The molecule has 1 saturated heterocycles. The second-order valence-electron chi connectivity index (χ2n) is 10.1. The molecule has 4 heteroatoms. The summed E-state index contributed by atoms with van der Waals surface area (Å²) in [4.78, 5) is 43.9. The van der Waals surface area contributed by atoms with Gasteiger partial charge in [0.25, 0.3) is 0 Å². The highest BCUT2D eigenvalue weighted by Gasteiger charge is 2.79. The Bertz CT molecular complexity index is 1410. The zero-order valence-electron chi connectivity index (χ0n) is 20.1. The third-order valence-electron chi connectivity index (χ3n) is 8.53. The molecule has 4 nitrogen and oxygen atoms in total. The van der Waals surface area contributed by atoms with Crippen LogP contribution in [0.25, 0.3) is 11.1 Å². The van der Waals surface area contributed by atoms with E-state index in [9.17, 15) is 14.4 Å². The summed E-state index contributed by atoms with van der Waals surface area (Å²) in [5, 5.41) is 0. The standard InChI is InChI=1S/C31H27NO3/c1-4-31-24(21-13-9-6-10-14-21)23(20-11-7-5-8-12-20)30(3,29(31)35)25-26(31)28(34)32(27(25)33)22-17-15-19(2)16-18-22/h5-18,25-26H,4H2,1-3H3/t25-,26-,30-,31+/m0/s1. The van der Waals surface area contributed by atoms with Crippen molar-refractivity contribution in [1.82, 2.24) is 0 Å². The number of Topliss-reactive ketones (excluding diaryl/α,β-unsaturated/α-hetero) is 1. The van der Waals surface area contributed by atoms with Gasteiger partial charge in [-0.3, -0.25) is 14.4 Å². The van der Waals surface area contributed by atoms with Crippen LogP contribution >= 0.6 is 0 Å². The summed E-state index contributed by atoms with van der Waals surface area (Å²) in [5.41, 5.74) is 3.18. The molecule has 2 bridgehead atoms. The number of imide groups is 1. The maximum absolute atomic E-state index is 14.4. The lowest BCUT2D eigenvalue weighted by atomic mass is 9.62. The van der Waals surface area contributed by atoms with Crippen molar-refractivity contribution in [3.63, 3.8) is 0 Å². The summed E-state index contributed by atoms with van der Waals surface area (Å²) in [6, 6.07) is 27.2. The SMILES string of the molecule is CC[C@@]12C(=O)[C@@](C)(C(c3ccccc3)=C1c1ccccc1)[C@@H]1C(=O)N(c3ccc(C)cc3)C(=O)[C@H]12. The van der Waals surface area contributed by atoms with Crippen LogP contribution in [-0.2, 0) is 14.4 Å². The zero-order chi connectivity index (χ0) is 24.5. The predicted octanol–water partition coefficient (Wildman–Crippen LogP) is 5.71. The number of amides is 2. The molecule has 174 valence electrons. The second-order valence-corrected chi connectivity index (χ2v) is 10.1. The highest BCUT2D eigenvalue weighted by Crippen LogP contribution is 2.74. The number of carbonyl (C=O) groups is 3. The Morgan fingerprint density at radius 2 is 1.23 bits per heavy atom. The van der Waals surface area contributed by atoms with Gasteiger partial charge in [0.2, 0.25) is 11.8 Å². The molecule has 1 heterocycles. The average molecular weight is 462 g/mol. The van der Waals surface area contributed by atoms with E-state index >= 15 is 0 Å². The number of hydrogen-bond donors (Lipinski definition) is 0. The fourth-order valence-electron chi connectivity index (χ4n) is 7.08. The van der Waals surface area contributed by atoms with Crippen LogP contribution in [0, 0.1) is 29.6 Å². The van der Waals surface area contributed by atoms with Gasteiger partial charge in [0.05, 0.1) is 28.4 Å². The molecule has 3 aromatic carbocycles. The van der Waals surface area contributed by atoms with Crippen LogP contribution in [0.5, 0.6) is 0 Å². The molecule has 3 aromatic rings. The minimum Gasteiger partial charge on any atom is -0.298 e. The number of allylic oxidation sites excluding steroid dienone is 2. The van der Waals surface area contributed by atoms with E-state index in [0.29, 0.717) is 12.1 Å². The van der Waals surface area contributed by atoms with Crippen molar-refractivity contribution < 1.29 is 14.4 Å². The molecule has 0 radical (unpaired) electrons. The van der Waals surface area contributed by atoms with Crippen LogP contribution in [0.2, 0.25) is 0 Å². The Hall–Kier alpha value is -3.79. The van der Waals surface area contributed by atoms with E-state index in [1.54, 1.807) is 0 Å². The molecule has 0 N–H and O–H groups in total. The van der Waals surface area contributed by atoms with E-state index < -0.39 is 22.7 Å². The normalized spacial score (nSPS) is 29.3. The molecule has 2 fully saturated rings. The molecular weight excluding hydrogens is 434 g/mol. The van der Waals surface area contributed by atoms with Crippen LogP contribution < -0.4 is 4.90 Å². The third kappa shape index (κ3) is 2.54. The van der Waals surface area contributed by atoms with E-state index in [1.807, 2.05) is 106 Å². The van der Waals surface area contributed by atoms with E-state index in [1.165, 1.54) is 4.90 Å². The van der Waals surface area contributed by atoms with E-state index in [4.69, 9.17) is 0 Å². The van der Waals surface area contributed by atoms with Gasteiger partial charge < -0.3 is 0 Å². The Labute approximate surface area is 205 Å². The topological polar surface area (TPSA) is 54.5 Å². The number of benzene rings is 3. The van der Waals surface area contributed by atoms with E-state index in [0.717, 1.165) is 27.8 Å². The number of anilines is 1. The van der Waals surface area contributed by atoms with Gasteiger partial charge in [0, 0.05) is 0 Å². The van der Waals surface area contributed by atoms with Gasteiger partial charge in [-0.15, -0.1) is 0 Å². The molecule has 3 aliphatic rings. The molecule has 0 unspecified atom stereocenters. The molecule has 35 heavy (non-hydrogen) atoms. The van der Waals surface area contributed by atoms with Crippen LogP contribution in [0.15, 0.2) is 84.9 Å². The Balaban J connectivity index is 1.64. The van der Waals surface area contributed by atoms with Gasteiger partial charge in [-0.05, 0) is 54.7 Å². The minimum absolute atomic E-state index is 0.00506. The van der Waals surface area contributed by atoms with Gasteiger partial charge >= 0.3 is 0 Å². The van der Waals surface area contributed by atoms with Gasteiger partial charge in [-0.1, -0.05) is 85.3 Å². The highest BCUT2D eigenvalue weighted by atomic mass is 16.2. The first kappa shape index (κ1) is 21.7. The van der Waals surface area contributed by atoms with Gasteiger partial charge in [0.15, 0.2) is 5.78 Å². The van der Waals surface area contributed by atoms with Crippen LogP contribution in [-0.4, -0.2) is 17.6 Å². The molecule has 4 atom stereocenters. The highest BCUT2D eigenvalue weighted by molar-refractivity contribution is 6.34. The minimum atomic E-state index is -1.08. The summed E-state index contributed by atoms with van der Waals surface area (Å²) >= 11 is 0. The average Bonchev–Trinajstić information content (AvgIpc) is 3.35. The molecular formula is C31H27NO3. The Morgan fingerprint density at radius 3 is 1.77 bits per heavy atom. The maximum Gasteiger partial charge on any atom is 0.239 e. The van der Waals surface area contributed by atoms with Crippen molar-refractivity contribution in [2.75, 3.05) is 4.90 Å². The maximum atomic E-state index is 14.4. The summed E-state index contributed by atoms with van der Waals surface area (Å²) in [5.74, 6) is -1.95. The molecule has 2 amide bonds.